The number of anilines is 1. The van der Waals surface area contributed by atoms with Gasteiger partial charge in [-0.05, 0) is 37.3 Å². The molecule has 0 bridgehead atoms. The highest BCUT2D eigenvalue weighted by Gasteiger charge is 2.09. The van der Waals surface area contributed by atoms with Gasteiger partial charge in [0.05, 0.1) is 12.6 Å². The first-order chi connectivity index (χ1) is 9.41. The molecular weight excluding hydrogens is 252 g/mol. The van der Waals surface area contributed by atoms with Crippen molar-refractivity contribution in [3.05, 3.63) is 29.3 Å². The summed E-state index contributed by atoms with van der Waals surface area (Å²) in [7, 11) is 0. The van der Waals surface area contributed by atoms with E-state index in [1.165, 1.54) is 0 Å². The number of para-hydroxylation sites is 1. The molecule has 3 N–H and O–H groups in total. The highest BCUT2D eigenvalue weighted by molar-refractivity contribution is 5.81. The van der Waals surface area contributed by atoms with E-state index in [0.29, 0.717) is 13.0 Å². The average molecular weight is 278 g/mol. The smallest absolute Gasteiger partial charge is 0.239 e. The van der Waals surface area contributed by atoms with Crippen LogP contribution >= 0.6 is 0 Å². The second-order valence-electron chi connectivity index (χ2n) is 5.57. The molecule has 0 spiro atoms. The molecule has 1 rings (SSSR count). The van der Waals surface area contributed by atoms with E-state index in [2.05, 4.69) is 10.6 Å². The van der Waals surface area contributed by atoms with Crippen molar-refractivity contribution < 1.29 is 9.90 Å². The molecule has 1 atom stereocenters. The Kier molecular flexibility index (Phi) is 6.52. The first-order valence-corrected chi connectivity index (χ1v) is 7.16. The van der Waals surface area contributed by atoms with Crippen molar-refractivity contribution >= 4 is 11.6 Å². The Bertz CT molecular complexity index is 424. The minimum absolute atomic E-state index is 0.0522. The highest BCUT2D eigenvalue weighted by Crippen LogP contribution is 2.18. The van der Waals surface area contributed by atoms with Crippen LogP contribution in [0.3, 0.4) is 0 Å². The van der Waals surface area contributed by atoms with Crippen molar-refractivity contribution in [3.8, 4) is 0 Å². The summed E-state index contributed by atoms with van der Waals surface area (Å²) >= 11 is 0. The number of hydrogen-bond donors (Lipinski definition) is 3. The van der Waals surface area contributed by atoms with Gasteiger partial charge < -0.3 is 15.7 Å². The van der Waals surface area contributed by atoms with Gasteiger partial charge in [0.25, 0.3) is 0 Å². The molecule has 0 heterocycles. The second-order valence-corrected chi connectivity index (χ2v) is 5.57. The van der Waals surface area contributed by atoms with Crippen LogP contribution in [0.2, 0.25) is 0 Å². The predicted molar refractivity (Wildman–Crippen MR) is 82.9 cm³/mol. The molecule has 1 aromatic carbocycles. The van der Waals surface area contributed by atoms with Gasteiger partial charge in [0.15, 0.2) is 0 Å². The number of aryl methyl sites for hydroxylation is 2. The number of amides is 1. The molecule has 0 saturated carbocycles. The third-order valence-electron chi connectivity index (χ3n) is 3.44. The number of aliphatic hydroxyl groups excluding tert-OH is 1. The van der Waals surface area contributed by atoms with Crippen molar-refractivity contribution in [1.82, 2.24) is 5.32 Å². The van der Waals surface area contributed by atoms with E-state index in [9.17, 15) is 9.90 Å². The molecule has 0 radical (unpaired) electrons. The van der Waals surface area contributed by atoms with E-state index in [1.807, 2.05) is 45.9 Å². The number of aliphatic hydroxyl groups is 1. The third-order valence-corrected chi connectivity index (χ3v) is 3.44. The fourth-order valence-corrected chi connectivity index (χ4v) is 2.02. The summed E-state index contributed by atoms with van der Waals surface area (Å²) in [5.41, 5.74) is 3.28. The van der Waals surface area contributed by atoms with Gasteiger partial charge in [0, 0.05) is 12.2 Å². The normalized spacial score (nSPS) is 12.3. The summed E-state index contributed by atoms with van der Waals surface area (Å²) in [4.78, 5) is 11.7. The Morgan fingerprint density at radius 3 is 2.40 bits per heavy atom. The minimum atomic E-state index is -0.359. The molecule has 1 unspecified atom stereocenters. The fraction of sp³-hybridized carbons (Fsp3) is 0.562. The summed E-state index contributed by atoms with van der Waals surface area (Å²) in [6.07, 6.45) is 0.231. The number of hydrogen-bond acceptors (Lipinski definition) is 3. The van der Waals surface area contributed by atoms with Crippen molar-refractivity contribution in [2.45, 2.75) is 40.2 Å². The maximum atomic E-state index is 11.7. The Morgan fingerprint density at radius 2 is 1.85 bits per heavy atom. The zero-order valence-electron chi connectivity index (χ0n) is 12.9. The summed E-state index contributed by atoms with van der Waals surface area (Å²) in [6, 6.07) is 6.04. The quantitative estimate of drug-likeness (QED) is 0.717. The highest BCUT2D eigenvalue weighted by atomic mass is 16.3. The standard InChI is InChI=1S/C16H26N2O2/c1-11(2)14(19)8-9-17-15(20)10-18-16-12(3)6-5-7-13(16)4/h5-7,11,14,18-19H,8-10H2,1-4H3,(H,17,20). The van der Waals surface area contributed by atoms with E-state index in [0.717, 1.165) is 16.8 Å². The number of rotatable bonds is 7. The van der Waals surface area contributed by atoms with E-state index in [4.69, 9.17) is 0 Å². The lowest BCUT2D eigenvalue weighted by Gasteiger charge is -2.15. The first kappa shape index (κ1) is 16.5. The van der Waals surface area contributed by atoms with Crippen LogP contribution in [-0.4, -0.2) is 30.2 Å². The predicted octanol–water partition coefficient (Wildman–Crippen LogP) is 2.24. The topological polar surface area (TPSA) is 61.4 Å². The first-order valence-electron chi connectivity index (χ1n) is 7.16. The summed E-state index contributed by atoms with van der Waals surface area (Å²) in [5.74, 6) is 0.170. The maximum Gasteiger partial charge on any atom is 0.239 e. The van der Waals surface area contributed by atoms with Crippen LogP contribution in [0.5, 0.6) is 0 Å². The van der Waals surface area contributed by atoms with E-state index in [-0.39, 0.29) is 24.5 Å². The van der Waals surface area contributed by atoms with Crippen molar-refractivity contribution in [2.24, 2.45) is 5.92 Å². The Balaban J connectivity index is 2.33. The molecule has 1 aromatic rings. The maximum absolute atomic E-state index is 11.7. The van der Waals surface area contributed by atoms with Crippen LogP contribution in [0.15, 0.2) is 18.2 Å². The molecule has 112 valence electrons. The van der Waals surface area contributed by atoms with Crippen LogP contribution in [0.25, 0.3) is 0 Å². The van der Waals surface area contributed by atoms with Crippen molar-refractivity contribution in [3.63, 3.8) is 0 Å². The van der Waals surface area contributed by atoms with Crippen LogP contribution in [0, 0.1) is 19.8 Å². The molecule has 20 heavy (non-hydrogen) atoms. The van der Waals surface area contributed by atoms with E-state index < -0.39 is 0 Å². The van der Waals surface area contributed by atoms with Crippen molar-refractivity contribution in [2.75, 3.05) is 18.4 Å². The molecule has 0 aliphatic heterocycles. The Morgan fingerprint density at radius 1 is 1.25 bits per heavy atom. The lowest BCUT2D eigenvalue weighted by atomic mass is 10.0. The van der Waals surface area contributed by atoms with Gasteiger partial charge in [-0.25, -0.2) is 0 Å². The van der Waals surface area contributed by atoms with Gasteiger partial charge in [0.1, 0.15) is 0 Å². The molecule has 0 fully saturated rings. The zero-order valence-corrected chi connectivity index (χ0v) is 12.9. The van der Waals surface area contributed by atoms with Crippen molar-refractivity contribution in [1.29, 1.82) is 0 Å². The van der Waals surface area contributed by atoms with Crippen LogP contribution in [0.4, 0.5) is 5.69 Å². The summed E-state index contributed by atoms with van der Waals surface area (Å²) in [6.45, 7) is 8.73. The summed E-state index contributed by atoms with van der Waals surface area (Å²) < 4.78 is 0. The van der Waals surface area contributed by atoms with Gasteiger partial charge in [0.2, 0.25) is 5.91 Å². The lowest BCUT2D eigenvalue weighted by Crippen LogP contribution is -2.33. The average Bonchev–Trinajstić information content (AvgIpc) is 2.37. The molecule has 0 aliphatic rings. The minimum Gasteiger partial charge on any atom is -0.393 e. The van der Waals surface area contributed by atoms with Crippen LogP contribution < -0.4 is 10.6 Å². The van der Waals surface area contributed by atoms with Gasteiger partial charge in [-0.3, -0.25) is 4.79 Å². The molecule has 0 aliphatic carbocycles. The molecule has 0 aromatic heterocycles. The van der Waals surface area contributed by atoms with Gasteiger partial charge in [-0.1, -0.05) is 32.0 Å². The fourth-order valence-electron chi connectivity index (χ4n) is 2.02. The van der Waals surface area contributed by atoms with Crippen LogP contribution in [-0.2, 0) is 4.79 Å². The molecule has 4 nitrogen and oxygen atoms in total. The molecule has 1 amide bonds. The van der Waals surface area contributed by atoms with Gasteiger partial charge in [-0.15, -0.1) is 0 Å². The Labute approximate surface area is 121 Å². The number of nitrogens with one attached hydrogen (secondary N) is 2. The number of carbonyl (C=O) groups excluding carboxylic acids is 1. The SMILES string of the molecule is Cc1cccc(C)c1NCC(=O)NCCC(O)C(C)C. The molecule has 0 saturated heterocycles. The third kappa shape index (κ3) is 5.21. The number of benzene rings is 1. The second kappa shape index (κ2) is 7.90. The zero-order chi connectivity index (χ0) is 15.1. The van der Waals surface area contributed by atoms with Crippen LogP contribution in [0.1, 0.15) is 31.4 Å². The summed E-state index contributed by atoms with van der Waals surface area (Å²) in [5, 5.41) is 15.6. The molecular formula is C16H26N2O2. The van der Waals surface area contributed by atoms with E-state index >= 15 is 0 Å². The Hall–Kier alpha value is -1.55. The van der Waals surface area contributed by atoms with Gasteiger partial charge >= 0.3 is 0 Å². The largest absolute Gasteiger partial charge is 0.393 e. The number of carbonyl (C=O) groups is 1. The monoisotopic (exact) mass is 278 g/mol. The molecule has 4 heteroatoms. The van der Waals surface area contributed by atoms with E-state index in [1.54, 1.807) is 0 Å². The van der Waals surface area contributed by atoms with Gasteiger partial charge in [-0.2, -0.15) is 0 Å². The lowest BCUT2D eigenvalue weighted by molar-refractivity contribution is -0.119.